The van der Waals surface area contributed by atoms with E-state index in [1.807, 2.05) is 23.7 Å². The van der Waals surface area contributed by atoms with Crippen molar-refractivity contribution in [1.82, 2.24) is 14.8 Å². The van der Waals surface area contributed by atoms with Crippen LogP contribution in [0.1, 0.15) is 19.4 Å². The minimum absolute atomic E-state index is 0.179. The first-order chi connectivity index (χ1) is 14.1. The highest BCUT2D eigenvalue weighted by atomic mass is 32.2. The Morgan fingerprint density at radius 1 is 1.24 bits per heavy atom. The third kappa shape index (κ3) is 4.78. The van der Waals surface area contributed by atoms with Crippen LogP contribution >= 0.6 is 23.1 Å². The lowest BCUT2D eigenvalue weighted by Gasteiger charge is -2.21. The molecule has 3 aromatic rings. The van der Waals surface area contributed by atoms with Crippen molar-refractivity contribution in [3.63, 3.8) is 0 Å². The van der Waals surface area contributed by atoms with Gasteiger partial charge in [-0.3, -0.25) is 4.79 Å². The molecule has 7 nitrogen and oxygen atoms in total. The zero-order chi connectivity index (χ0) is 20.8. The molecule has 9 heteroatoms. The molecule has 29 heavy (non-hydrogen) atoms. The van der Waals surface area contributed by atoms with Crippen LogP contribution in [0.3, 0.4) is 0 Å². The zero-order valence-electron chi connectivity index (χ0n) is 16.5. The Bertz CT molecular complexity index is 1010. The Labute approximate surface area is 178 Å². The third-order valence-corrected chi connectivity index (χ3v) is 6.31. The molecule has 0 saturated carbocycles. The third-order valence-electron chi connectivity index (χ3n) is 4.46. The van der Waals surface area contributed by atoms with Crippen LogP contribution in [0.2, 0.25) is 0 Å². The van der Waals surface area contributed by atoms with Gasteiger partial charge < -0.3 is 14.8 Å². The molecule has 0 aliphatic heterocycles. The maximum absolute atomic E-state index is 12.2. The fraction of sp³-hybridized carbons (Fsp3) is 0.300. The summed E-state index contributed by atoms with van der Waals surface area (Å²) < 4.78 is 1.89. The number of amides is 1. The van der Waals surface area contributed by atoms with Crippen molar-refractivity contribution >= 4 is 39.7 Å². The number of carbonyl (C=O) groups is 1. The molecule has 0 atom stereocenters. The smallest absolute Gasteiger partial charge is 0.235 e. The van der Waals surface area contributed by atoms with Gasteiger partial charge in [0, 0.05) is 31.4 Å². The highest BCUT2D eigenvalue weighted by molar-refractivity contribution is 7.99. The van der Waals surface area contributed by atoms with E-state index in [4.69, 9.17) is 5.26 Å². The molecule has 0 aliphatic carbocycles. The minimum Gasteiger partial charge on any atom is -0.372 e. The molecule has 1 amide bonds. The molecule has 150 valence electrons. The van der Waals surface area contributed by atoms with Gasteiger partial charge in [-0.15, -0.1) is 21.5 Å². The number of hydrogen-bond acceptors (Lipinski definition) is 7. The second-order valence-electron chi connectivity index (χ2n) is 6.20. The van der Waals surface area contributed by atoms with E-state index >= 15 is 0 Å². The zero-order valence-corrected chi connectivity index (χ0v) is 18.2. The summed E-state index contributed by atoms with van der Waals surface area (Å²) in [6, 6.07) is 12.0. The van der Waals surface area contributed by atoms with Crippen molar-refractivity contribution in [3.8, 4) is 17.5 Å². The average Bonchev–Trinajstić information content (AvgIpc) is 3.34. The molecule has 0 fully saturated rings. The quantitative estimate of drug-likeness (QED) is 0.548. The fourth-order valence-corrected chi connectivity index (χ4v) is 4.35. The lowest BCUT2D eigenvalue weighted by Crippen LogP contribution is -2.21. The number of benzene rings is 1. The van der Waals surface area contributed by atoms with Crippen molar-refractivity contribution in [2.75, 3.05) is 29.1 Å². The van der Waals surface area contributed by atoms with Crippen LogP contribution in [0.5, 0.6) is 0 Å². The molecule has 2 heterocycles. The first-order valence-corrected chi connectivity index (χ1v) is 11.1. The van der Waals surface area contributed by atoms with Gasteiger partial charge in [-0.1, -0.05) is 11.8 Å². The van der Waals surface area contributed by atoms with Gasteiger partial charge in [0.2, 0.25) is 5.91 Å². The molecule has 0 bridgehead atoms. The molecule has 0 radical (unpaired) electrons. The summed E-state index contributed by atoms with van der Waals surface area (Å²) in [6.07, 6.45) is 0. The molecule has 2 aromatic heterocycles. The summed E-state index contributed by atoms with van der Waals surface area (Å²) in [7, 11) is 1.89. The standard InChI is InChI=1S/C20H22N6OS2/c1-4-26(5-2)16-8-6-14(7-9-16)18-23-24-20(25(18)3)29-13-17(27)22-19-15(12-21)10-11-28-19/h6-11H,4-5,13H2,1-3H3,(H,22,27). The van der Waals surface area contributed by atoms with E-state index in [1.54, 1.807) is 11.4 Å². The number of carbonyl (C=O) groups excluding carboxylic acids is 1. The van der Waals surface area contributed by atoms with Crippen LogP contribution in [-0.4, -0.2) is 39.5 Å². The predicted molar refractivity (Wildman–Crippen MR) is 118 cm³/mol. The van der Waals surface area contributed by atoms with Crippen LogP contribution in [0.25, 0.3) is 11.4 Å². The molecule has 1 aromatic carbocycles. The van der Waals surface area contributed by atoms with Gasteiger partial charge >= 0.3 is 0 Å². The Balaban J connectivity index is 1.65. The van der Waals surface area contributed by atoms with E-state index in [0.717, 1.165) is 24.5 Å². The number of nitrogens with one attached hydrogen (secondary N) is 1. The van der Waals surface area contributed by atoms with Crippen molar-refractivity contribution < 1.29 is 4.79 Å². The summed E-state index contributed by atoms with van der Waals surface area (Å²) in [5.74, 6) is 0.765. The van der Waals surface area contributed by atoms with Crippen molar-refractivity contribution in [3.05, 3.63) is 41.3 Å². The maximum Gasteiger partial charge on any atom is 0.235 e. The van der Waals surface area contributed by atoms with Gasteiger partial charge in [-0.25, -0.2) is 0 Å². The Hall–Kier alpha value is -2.83. The van der Waals surface area contributed by atoms with E-state index in [-0.39, 0.29) is 11.7 Å². The number of nitriles is 1. The number of thiophene rings is 1. The van der Waals surface area contributed by atoms with E-state index in [0.29, 0.717) is 15.7 Å². The Kier molecular flexibility index (Phi) is 6.90. The topological polar surface area (TPSA) is 86.8 Å². The van der Waals surface area contributed by atoms with E-state index < -0.39 is 0 Å². The van der Waals surface area contributed by atoms with Gasteiger partial charge in [-0.05, 0) is 49.6 Å². The highest BCUT2D eigenvalue weighted by Gasteiger charge is 2.14. The normalized spacial score (nSPS) is 10.6. The van der Waals surface area contributed by atoms with Gasteiger partial charge in [0.1, 0.15) is 11.1 Å². The summed E-state index contributed by atoms with van der Waals surface area (Å²) in [4.78, 5) is 14.5. The van der Waals surface area contributed by atoms with E-state index in [2.05, 4.69) is 52.5 Å². The van der Waals surface area contributed by atoms with Crippen LogP contribution in [0.4, 0.5) is 10.7 Å². The van der Waals surface area contributed by atoms with Crippen LogP contribution in [-0.2, 0) is 11.8 Å². The van der Waals surface area contributed by atoms with Gasteiger partial charge in [0.25, 0.3) is 0 Å². The average molecular weight is 427 g/mol. The first-order valence-electron chi connectivity index (χ1n) is 9.22. The van der Waals surface area contributed by atoms with E-state index in [9.17, 15) is 4.79 Å². The summed E-state index contributed by atoms with van der Waals surface area (Å²) in [6.45, 7) is 6.20. The van der Waals surface area contributed by atoms with Crippen LogP contribution in [0, 0.1) is 11.3 Å². The highest BCUT2D eigenvalue weighted by Crippen LogP contribution is 2.26. The SMILES string of the molecule is CCN(CC)c1ccc(-c2nnc(SCC(=O)Nc3sccc3C#N)n2C)cc1. The second kappa shape index (κ2) is 9.58. The lowest BCUT2D eigenvalue weighted by molar-refractivity contribution is -0.113. The van der Waals surface area contributed by atoms with E-state index in [1.165, 1.54) is 28.8 Å². The Morgan fingerprint density at radius 2 is 1.97 bits per heavy atom. The van der Waals surface area contributed by atoms with Crippen molar-refractivity contribution in [1.29, 1.82) is 5.26 Å². The van der Waals surface area contributed by atoms with Crippen LogP contribution in [0.15, 0.2) is 40.9 Å². The number of nitrogens with zero attached hydrogens (tertiary/aromatic N) is 5. The molecule has 0 unspecified atom stereocenters. The monoisotopic (exact) mass is 426 g/mol. The molecule has 3 rings (SSSR count). The number of thioether (sulfide) groups is 1. The number of rotatable bonds is 8. The Morgan fingerprint density at radius 3 is 2.62 bits per heavy atom. The summed E-state index contributed by atoms with van der Waals surface area (Å²) in [5.41, 5.74) is 2.63. The fourth-order valence-electron chi connectivity index (χ4n) is 2.89. The lowest BCUT2D eigenvalue weighted by atomic mass is 10.2. The van der Waals surface area contributed by atoms with Crippen molar-refractivity contribution in [2.24, 2.45) is 7.05 Å². The molecular formula is C20H22N6OS2. The molecule has 1 N–H and O–H groups in total. The van der Waals surface area contributed by atoms with Gasteiger partial charge in [0.15, 0.2) is 11.0 Å². The number of aromatic nitrogens is 3. The molecule has 0 spiro atoms. The summed E-state index contributed by atoms with van der Waals surface area (Å²) in [5, 5.41) is 23.3. The molecule has 0 aliphatic rings. The van der Waals surface area contributed by atoms with Gasteiger partial charge in [-0.2, -0.15) is 5.26 Å². The largest absolute Gasteiger partial charge is 0.372 e. The maximum atomic E-state index is 12.2. The summed E-state index contributed by atoms with van der Waals surface area (Å²) >= 11 is 2.65. The van der Waals surface area contributed by atoms with Gasteiger partial charge in [0.05, 0.1) is 11.3 Å². The first kappa shape index (κ1) is 20.9. The molecule has 0 saturated heterocycles. The minimum atomic E-state index is -0.179. The molecular weight excluding hydrogens is 404 g/mol. The van der Waals surface area contributed by atoms with Crippen LogP contribution < -0.4 is 10.2 Å². The predicted octanol–water partition coefficient (Wildman–Crippen LogP) is 3.99. The number of anilines is 2. The number of hydrogen-bond donors (Lipinski definition) is 1. The second-order valence-corrected chi connectivity index (χ2v) is 8.06. The van der Waals surface area contributed by atoms with Crippen molar-refractivity contribution in [2.45, 2.75) is 19.0 Å².